The first-order valence-electron chi connectivity index (χ1n) is 3.48. The van der Waals surface area contributed by atoms with Crippen LogP contribution in [0.4, 0.5) is 0 Å². The zero-order valence-corrected chi connectivity index (χ0v) is 10.1. The van der Waals surface area contributed by atoms with E-state index in [1.54, 1.807) is 0 Å². The Bertz CT molecular complexity index is 156. The van der Waals surface area contributed by atoms with E-state index in [2.05, 4.69) is 0 Å². The summed E-state index contributed by atoms with van der Waals surface area (Å²) in [5.74, 6) is 1.32. The van der Waals surface area contributed by atoms with Crippen molar-refractivity contribution in [2.75, 3.05) is 0 Å². The molecule has 0 heterocycles. The average Bonchev–Trinajstić information content (AvgIpc) is 2.37. The topological polar surface area (TPSA) is 17.1 Å². The van der Waals surface area contributed by atoms with Gasteiger partial charge in [-0.3, -0.25) is 0 Å². The van der Waals surface area contributed by atoms with Crippen LogP contribution in [-0.4, -0.2) is 11.0 Å². The maximum Gasteiger partial charge on any atom is 1.00 e. The Labute approximate surface area is 109 Å². The molecule has 0 spiro atoms. The van der Waals surface area contributed by atoms with Crippen LogP contribution < -0.4 is 51.4 Å². The van der Waals surface area contributed by atoms with Gasteiger partial charge in [0.2, 0.25) is 0 Å². The standard InChI is InChI=1S/C7H10OS.K/c8-6-4-1-2-5(3-4)7(6)9;/h4-5,7,9H,1-3H2;/q;+1/p-1. The molecule has 10 heavy (non-hydrogen) atoms. The summed E-state index contributed by atoms with van der Waals surface area (Å²) in [6.07, 6.45) is 3.44. The van der Waals surface area contributed by atoms with E-state index in [1.807, 2.05) is 0 Å². The van der Waals surface area contributed by atoms with Crippen LogP contribution in [-0.2, 0) is 17.4 Å². The fourth-order valence-corrected chi connectivity index (χ4v) is 2.45. The average molecular weight is 180 g/mol. The van der Waals surface area contributed by atoms with E-state index in [0.717, 1.165) is 12.8 Å². The van der Waals surface area contributed by atoms with Crippen LogP contribution in [0.5, 0.6) is 0 Å². The Kier molecular flexibility index (Phi) is 3.49. The monoisotopic (exact) mass is 180 g/mol. The van der Waals surface area contributed by atoms with Gasteiger partial charge in [0, 0.05) is 5.92 Å². The van der Waals surface area contributed by atoms with Gasteiger partial charge in [-0.1, -0.05) is 12.3 Å². The molecule has 2 bridgehead atoms. The number of carbonyl (C=O) groups excluding carboxylic acids is 1. The molecule has 3 unspecified atom stereocenters. The number of hydrogen-bond donors (Lipinski definition) is 0. The third-order valence-corrected chi connectivity index (χ3v) is 3.20. The Hall–Kier alpha value is 1.66. The summed E-state index contributed by atoms with van der Waals surface area (Å²) in [6.45, 7) is 0. The fourth-order valence-electron chi connectivity index (χ4n) is 2.01. The van der Waals surface area contributed by atoms with Crippen LogP contribution >= 0.6 is 0 Å². The quantitative estimate of drug-likeness (QED) is 0.314. The number of ketones is 1. The minimum absolute atomic E-state index is 0. The zero-order valence-electron chi connectivity index (χ0n) is 6.17. The van der Waals surface area contributed by atoms with Crippen molar-refractivity contribution in [2.24, 2.45) is 11.8 Å². The molecule has 50 valence electrons. The second-order valence-corrected chi connectivity index (χ2v) is 3.60. The predicted molar refractivity (Wildman–Crippen MR) is 37.0 cm³/mol. The molecule has 2 saturated carbocycles. The van der Waals surface area contributed by atoms with E-state index >= 15 is 0 Å². The second-order valence-electron chi connectivity index (χ2n) is 3.09. The molecule has 1 nitrogen and oxygen atoms in total. The summed E-state index contributed by atoms with van der Waals surface area (Å²) in [6, 6.07) is 0. The minimum Gasteiger partial charge on any atom is -0.782 e. The van der Waals surface area contributed by atoms with E-state index in [-0.39, 0.29) is 56.6 Å². The van der Waals surface area contributed by atoms with Gasteiger partial charge < -0.3 is 17.4 Å². The van der Waals surface area contributed by atoms with E-state index in [1.165, 1.54) is 6.42 Å². The van der Waals surface area contributed by atoms with Crippen molar-refractivity contribution in [3.63, 3.8) is 0 Å². The van der Waals surface area contributed by atoms with Gasteiger partial charge in [0.1, 0.15) is 5.78 Å². The van der Waals surface area contributed by atoms with Gasteiger partial charge in [-0.2, -0.15) is 0 Å². The first-order valence-corrected chi connectivity index (χ1v) is 3.95. The Balaban J connectivity index is 0.000000500. The van der Waals surface area contributed by atoms with Gasteiger partial charge in [0.15, 0.2) is 0 Å². The van der Waals surface area contributed by atoms with Gasteiger partial charge in [-0.15, -0.1) is 5.25 Å². The van der Waals surface area contributed by atoms with E-state index in [0.29, 0.717) is 17.6 Å². The summed E-state index contributed by atoms with van der Waals surface area (Å²) in [7, 11) is 0. The van der Waals surface area contributed by atoms with Gasteiger partial charge in [-0.05, 0) is 12.8 Å². The van der Waals surface area contributed by atoms with Crippen LogP contribution in [0.15, 0.2) is 0 Å². The minimum atomic E-state index is -0.0104. The Morgan fingerprint density at radius 1 is 1.40 bits per heavy atom. The second kappa shape index (κ2) is 3.58. The van der Waals surface area contributed by atoms with Crippen LogP contribution in [0.1, 0.15) is 19.3 Å². The number of hydrogen-bond acceptors (Lipinski definition) is 2. The summed E-state index contributed by atoms with van der Waals surface area (Å²) < 4.78 is 0. The molecule has 3 atom stereocenters. The SMILES string of the molecule is O=C1C2CCC(C2)C1[S-].[K+]. The molecule has 0 N–H and O–H groups in total. The number of fused-ring (bicyclic) bond motifs is 2. The third kappa shape index (κ3) is 1.41. The van der Waals surface area contributed by atoms with Crippen molar-refractivity contribution >= 4 is 18.4 Å². The number of carbonyl (C=O) groups is 1. The zero-order chi connectivity index (χ0) is 6.43. The maximum atomic E-state index is 11.1. The molecular formula is C7H9KOS. The van der Waals surface area contributed by atoms with Gasteiger partial charge in [-0.25, -0.2) is 0 Å². The molecule has 0 aromatic rings. The molecule has 0 amide bonds. The first-order chi connectivity index (χ1) is 4.29. The van der Waals surface area contributed by atoms with Crippen molar-refractivity contribution in [1.29, 1.82) is 0 Å². The summed E-state index contributed by atoms with van der Waals surface area (Å²) in [5.41, 5.74) is 0. The van der Waals surface area contributed by atoms with E-state index < -0.39 is 0 Å². The Morgan fingerprint density at radius 3 is 2.40 bits per heavy atom. The normalized spacial score (nSPS) is 43.7. The smallest absolute Gasteiger partial charge is 0.782 e. The van der Waals surface area contributed by atoms with Gasteiger partial charge in [0.25, 0.3) is 0 Å². The molecular weight excluding hydrogens is 171 g/mol. The van der Waals surface area contributed by atoms with Crippen LogP contribution in [0.25, 0.3) is 0 Å². The van der Waals surface area contributed by atoms with Gasteiger partial charge in [0.05, 0.1) is 0 Å². The molecule has 0 radical (unpaired) electrons. The maximum absolute atomic E-state index is 11.1. The van der Waals surface area contributed by atoms with Crippen molar-refractivity contribution in [3.05, 3.63) is 0 Å². The number of Topliss-reactive ketones (excluding diaryl/α,β-unsaturated/α-hetero) is 1. The number of rotatable bonds is 0. The molecule has 2 aliphatic rings. The molecule has 3 heteroatoms. The summed E-state index contributed by atoms with van der Waals surface area (Å²) in [4.78, 5) is 11.1. The molecule has 0 aromatic heterocycles. The van der Waals surface area contributed by atoms with Crippen molar-refractivity contribution in [2.45, 2.75) is 24.5 Å². The largest absolute Gasteiger partial charge is 1.00 e. The van der Waals surface area contributed by atoms with Crippen LogP contribution in [0.3, 0.4) is 0 Å². The molecule has 2 rings (SSSR count). The summed E-state index contributed by atoms with van der Waals surface area (Å²) in [5, 5.41) is -0.0104. The molecule has 0 aromatic carbocycles. The molecule has 2 fully saturated rings. The summed E-state index contributed by atoms with van der Waals surface area (Å²) >= 11 is 5.03. The molecule has 2 aliphatic carbocycles. The molecule has 0 saturated heterocycles. The first kappa shape index (κ1) is 9.74. The fraction of sp³-hybridized carbons (Fsp3) is 0.857. The third-order valence-electron chi connectivity index (χ3n) is 2.58. The van der Waals surface area contributed by atoms with Crippen molar-refractivity contribution < 1.29 is 56.2 Å². The van der Waals surface area contributed by atoms with Crippen molar-refractivity contribution in [3.8, 4) is 0 Å². The van der Waals surface area contributed by atoms with E-state index in [4.69, 9.17) is 12.6 Å². The molecule has 0 aliphatic heterocycles. The van der Waals surface area contributed by atoms with Gasteiger partial charge >= 0.3 is 51.4 Å². The predicted octanol–water partition coefficient (Wildman–Crippen LogP) is -2.10. The van der Waals surface area contributed by atoms with Crippen LogP contribution in [0, 0.1) is 11.8 Å². The van der Waals surface area contributed by atoms with Crippen molar-refractivity contribution in [1.82, 2.24) is 0 Å². The van der Waals surface area contributed by atoms with E-state index in [9.17, 15) is 4.79 Å². The Morgan fingerprint density at radius 2 is 2.10 bits per heavy atom. The van der Waals surface area contributed by atoms with Crippen LogP contribution in [0.2, 0.25) is 0 Å².